The highest BCUT2D eigenvalue weighted by Crippen LogP contribution is 2.31. The molecule has 2 unspecified atom stereocenters. The Morgan fingerprint density at radius 1 is 1.32 bits per heavy atom. The molecular formula is C13H20BrN5. The number of aromatic nitrogens is 2. The third-order valence-electron chi connectivity index (χ3n) is 4.33. The SMILES string of the molecule is CN1CCCC2CN(c3nc(N)cc(Br)n3)CCC21. The number of hydrogen-bond acceptors (Lipinski definition) is 5. The average molecular weight is 326 g/mol. The summed E-state index contributed by atoms with van der Waals surface area (Å²) in [5.74, 6) is 2.02. The van der Waals surface area contributed by atoms with Gasteiger partial charge in [-0.25, -0.2) is 4.98 Å². The van der Waals surface area contributed by atoms with Crippen LogP contribution in [0, 0.1) is 5.92 Å². The van der Waals surface area contributed by atoms with E-state index in [2.05, 4.69) is 42.7 Å². The van der Waals surface area contributed by atoms with Crippen LogP contribution in [0.1, 0.15) is 19.3 Å². The standard InChI is InChI=1S/C13H20BrN5/c1-18-5-2-3-9-8-19(6-4-10(9)18)13-16-11(14)7-12(15)17-13/h7,9-10H,2-6,8H2,1H3,(H2,15,16,17). The number of hydrogen-bond donors (Lipinski definition) is 1. The Morgan fingerprint density at radius 3 is 2.95 bits per heavy atom. The number of likely N-dealkylation sites (tertiary alicyclic amines) is 1. The Hall–Kier alpha value is -0.880. The maximum atomic E-state index is 5.80. The van der Waals surface area contributed by atoms with Gasteiger partial charge in [0.1, 0.15) is 10.4 Å². The molecule has 1 aromatic heterocycles. The number of nitrogens with zero attached hydrogens (tertiary/aromatic N) is 4. The zero-order valence-corrected chi connectivity index (χ0v) is 12.8. The van der Waals surface area contributed by atoms with E-state index in [1.807, 2.05) is 0 Å². The van der Waals surface area contributed by atoms with Crippen molar-refractivity contribution in [3.05, 3.63) is 10.7 Å². The lowest BCUT2D eigenvalue weighted by Gasteiger charge is -2.45. The summed E-state index contributed by atoms with van der Waals surface area (Å²) < 4.78 is 0.762. The van der Waals surface area contributed by atoms with Gasteiger partial charge < -0.3 is 15.5 Å². The van der Waals surface area contributed by atoms with Crippen LogP contribution in [0.3, 0.4) is 0 Å². The van der Waals surface area contributed by atoms with Gasteiger partial charge in [0.15, 0.2) is 0 Å². The van der Waals surface area contributed by atoms with E-state index in [9.17, 15) is 0 Å². The van der Waals surface area contributed by atoms with Gasteiger partial charge in [-0.05, 0) is 54.7 Å². The number of fused-ring (bicyclic) bond motifs is 1. The Bertz CT molecular complexity index is 446. The van der Waals surface area contributed by atoms with Crippen molar-refractivity contribution in [2.45, 2.75) is 25.3 Å². The van der Waals surface area contributed by atoms with Gasteiger partial charge in [0, 0.05) is 25.2 Å². The molecule has 2 aliphatic rings. The fraction of sp³-hybridized carbons (Fsp3) is 0.692. The Morgan fingerprint density at radius 2 is 2.16 bits per heavy atom. The predicted molar refractivity (Wildman–Crippen MR) is 80.1 cm³/mol. The van der Waals surface area contributed by atoms with Crippen LogP contribution < -0.4 is 10.6 Å². The maximum Gasteiger partial charge on any atom is 0.228 e. The van der Waals surface area contributed by atoms with Crippen LogP contribution in [0.5, 0.6) is 0 Å². The number of anilines is 2. The lowest BCUT2D eigenvalue weighted by Crippen LogP contribution is -2.53. The second kappa shape index (κ2) is 5.25. The van der Waals surface area contributed by atoms with Crippen LogP contribution in [-0.2, 0) is 0 Å². The topological polar surface area (TPSA) is 58.3 Å². The second-order valence-electron chi connectivity index (χ2n) is 5.60. The van der Waals surface area contributed by atoms with E-state index in [0.29, 0.717) is 5.82 Å². The van der Waals surface area contributed by atoms with Crippen LogP contribution >= 0.6 is 15.9 Å². The molecule has 2 fully saturated rings. The molecule has 2 aliphatic heterocycles. The lowest BCUT2D eigenvalue weighted by molar-refractivity contribution is 0.102. The molecule has 0 aromatic carbocycles. The molecular weight excluding hydrogens is 306 g/mol. The molecule has 5 nitrogen and oxygen atoms in total. The van der Waals surface area contributed by atoms with Gasteiger partial charge in [0.2, 0.25) is 5.95 Å². The molecule has 0 aliphatic carbocycles. The number of halogens is 1. The molecule has 0 radical (unpaired) electrons. The summed E-state index contributed by atoms with van der Waals surface area (Å²) in [6.45, 7) is 3.30. The van der Waals surface area contributed by atoms with E-state index < -0.39 is 0 Å². The Balaban J connectivity index is 1.77. The van der Waals surface area contributed by atoms with Crippen LogP contribution in [0.2, 0.25) is 0 Å². The zero-order chi connectivity index (χ0) is 13.4. The van der Waals surface area contributed by atoms with Crippen molar-refractivity contribution < 1.29 is 0 Å². The molecule has 0 amide bonds. The predicted octanol–water partition coefficient (Wildman–Crippen LogP) is 1.74. The first-order chi connectivity index (χ1) is 9.13. The largest absolute Gasteiger partial charge is 0.383 e. The molecule has 3 heterocycles. The van der Waals surface area contributed by atoms with E-state index in [1.165, 1.54) is 25.8 Å². The number of rotatable bonds is 1. The molecule has 104 valence electrons. The quantitative estimate of drug-likeness (QED) is 0.797. The number of piperidine rings is 2. The molecule has 0 spiro atoms. The molecule has 1 aromatic rings. The van der Waals surface area contributed by atoms with Crippen LogP contribution in [0.4, 0.5) is 11.8 Å². The third kappa shape index (κ3) is 2.69. The normalized spacial score (nSPS) is 28.2. The molecule has 2 saturated heterocycles. The van der Waals surface area contributed by atoms with Gasteiger partial charge in [-0.15, -0.1) is 0 Å². The van der Waals surface area contributed by atoms with E-state index >= 15 is 0 Å². The minimum atomic E-state index is 0.528. The summed E-state index contributed by atoms with van der Waals surface area (Å²) in [5.41, 5.74) is 5.80. The molecule has 0 saturated carbocycles. The van der Waals surface area contributed by atoms with Crippen LogP contribution in [-0.4, -0.2) is 47.6 Å². The van der Waals surface area contributed by atoms with Crippen molar-refractivity contribution in [2.24, 2.45) is 5.92 Å². The molecule has 0 bridgehead atoms. The summed E-state index contributed by atoms with van der Waals surface area (Å²) in [5, 5.41) is 0. The molecule has 2 atom stereocenters. The highest BCUT2D eigenvalue weighted by Gasteiger charge is 2.35. The first-order valence-electron chi connectivity index (χ1n) is 6.89. The van der Waals surface area contributed by atoms with Crippen molar-refractivity contribution >= 4 is 27.7 Å². The third-order valence-corrected chi connectivity index (χ3v) is 4.74. The van der Waals surface area contributed by atoms with Gasteiger partial charge in [-0.1, -0.05) is 0 Å². The van der Waals surface area contributed by atoms with Crippen molar-refractivity contribution in [1.29, 1.82) is 0 Å². The number of nitrogen functional groups attached to an aromatic ring is 1. The van der Waals surface area contributed by atoms with E-state index in [0.717, 1.165) is 35.6 Å². The van der Waals surface area contributed by atoms with Gasteiger partial charge >= 0.3 is 0 Å². The van der Waals surface area contributed by atoms with Crippen molar-refractivity contribution in [3.63, 3.8) is 0 Å². The maximum absolute atomic E-state index is 5.80. The van der Waals surface area contributed by atoms with Crippen molar-refractivity contribution in [3.8, 4) is 0 Å². The van der Waals surface area contributed by atoms with Gasteiger partial charge in [-0.3, -0.25) is 0 Å². The minimum absolute atomic E-state index is 0.528. The fourth-order valence-corrected chi connectivity index (χ4v) is 3.79. The van der Waals surface area contributed by atoms with Crippen molar-refractivity contribution in [2.75, 3.05) is 37.3 Å². The van der Waals surface area contributed by atoms with E-state index in [4.69, 9.17) is 5.73 Å². The van der Waals surface area contributed by atoms with E-state index in [-0.39, 0.29) is 0 Å². The summed E-state index contributed by atoms with van der Waals surface area (Å²) >= 11 is 3.39. The van der Waals surface area contributed by atoms with Crippen LogP contribution in [0.25, 0.3) is 0 Å². The highest BCUT2D eigenvalue weighted by molar-refractivity contribution is 9.10. The van der Waals surface area contributed by atoms with Gasteiger partial charge in [-0.2, -0.15) is 4.98 Å². The summed E-state index contributed by atoms with van der Waals surface area (Å²) in [7, 11) is 2.25. The summed E-state index contributed by atoms with van der Waals surface area (Å²) in [6, 6.07) is 2.47. The average Bonchev–Trinajstić information content (AvgIpc) is 2.37. The molecule has 3 rings (SSSR count). The van der Waals surface area contributed by atoms with Gasteiger partial charge in [0.25, 0.3) is 0 Å². The lowest BCUT2D eigenvalue weighted by atomic mass is 9.84. The van der Waals surface area contributed by atoms with E-state index in [1.54, 1.807) is 6.07 Å². The molecule has 19 heavy (non-hydrogen) atoms. The molecule has 6 heteroatoms. The molecule has 2 N–H and O–H groups in total. The first-order valence-corrected chi connectivity index (χ1v) is 7.68. The fourth-order valence-electron chi connectivity index (χ4n) is 3.40. The first kappa shape index (κ1) is 13.1. The Labute approximate surface area is 122 Å². The smallest absolute Gasteiger partial charge is 0.228 e. The Kier molecular flexibility index (Phi) is 3.62. The summed E-state index contributed by atoms with van der Waals surface area (Å²) in [6.07, 6.45) is 3.80. The number of nitrogens with two attached hydrogens (primary N) is 1. The minimum Gasteiger partial charge on any atom is -0.383 e. The highest BCUT2D eigenvalue weighted by atomic mass is 79.9. The van der Waals surface area contributed by atoms with Crippen molar-refractivity contribution in [1.82, 2.24) is 14.9 Å². The van der Waals surface area contributed by atoms with Gasteiger partial charge in [0.05, 0.1) is 0 Å². The second-order valence-corrected chi connectivity index (χ2v) is 6.41. The zero-order valence-electron chi connectivity index (χ0n) is 11.2. The monoisotopic (exact) mass is 325 g/mol. The van der Waals surface area contributed by atoms with Crippen LogP contribution in [0.15, 0.2) is 10.7 Å². The summed E-state index contributed by atoms with van der Waals surface area (Å²) in [4.78, 5) is 13.6.